The van der Waals surface area contributed by atoms with Crippen LogP contribution in [0.15, 0.2) is 24.3 Å². The Morgan fingerprint density at radius 1 is 1.26 bits per heavy atom. The van der Waals surface area contributed by atoms with Gasteiger partial charge in [0, 0.05) is 0 Å². The zero-order valence-corrected chi connectivity index (χ0v) is 11.2. The van der Waals surface area contributed by atoms with E-state index in [0.29, 0.717) is 6.61 Å². The van der Waals surface area contributed by atoms with Crippen molar-refractivity contribution in [1.29, 1.82) is 0 Å². The van der Waals surface area contributed by atoms with Gasteiger partial charge in [-0.15, -0.1) is 5.10 Å². The molecule has 0 saturated carbocycles. The van der Waals surface area contributed by atoms with Crippen LogP contribution in [0.1, 0.15) is 13.8 Å². The fourth-order valence-electron chi connectivity index (χ4n) is 1.85. The molecule has 1 aromatic heterocycles. The molecule has 0 fully saturated rings. The molecule has 6 heteroatoms. The van der Waals surface area contributed by atoms with Crippen molar-refractivity contribution in [2.45, 2.75) is 19.4 Å². The number of hydrogen-bond donors (Lipinski definition) is 1. The second-order valence-corrected chi connectivity index (χ2v) is 4.90. The summed E-state index contributed by atoms with van der Waals surface area (Å²) >= 11 is 0. The first-order valence-electron chi connectivity index (χ1n) is 6.22. The third kappa shape index (κ3) is 3.28. The van der Waals surface area contributed by atoms with Crippen LogP contribution in [0, 0.1) is 0 Å². The number of para-hydroxylation sites is 1. The average molecular weight is 265 g/mol. The largest absolute Gasteiger partial charge is 0.394 e. The van der Waals surface area contributed by atoms with Crippen molar-refractivity contribution in [2.24, 2.45) is 0 Å². The van der Waals surface area contributed by atoms with Crippen LogP contribution in [-0.4, -0.2) is 46.7 Å². The van der Waals surface area contributed by atoms with E-state index in [1.807, 2.05) is 42.8 Å². The molecule has 1 N–H and O–H groups in total. The maximum atomic E-state index is 8.59. The van der Waals surface area contributed by atoms with Gasteiger partial charge in [0.1, 0.15) is 12.3 Å². The minimum absolute atomic E-state index is 0.000463. The van der Waals surface area contributed by atoms with Crippen molar-refractivity contribution in [3.8, 4) is 0 Å². The van der Waals surface area contributed by atoms with E-state index in [0.717, 1.165) is 11.0 Å². The van der Waals surface area contributed by atoms with Crippen LogP contribution in [0.5, 0.6) is 0 Å². The molecule has 0 amide bonds. The Kier molecular flexibility index (Phi) is 4.47. The van der Waals surface area contributed by atoms with Gasteiger partial charge < -0.3 is 14.6 Å². The van der Waals surface area contributed by atoms with Gasteiger partial charge in [0.25, 0.3) is 0 Å². The van der Waals surface area contributed by atoms with Gasteiger partial charge in [0.05, 0.1) is 30.9 Å². The van der Waals surface area contributed by atoms with Crippen LogP contribution in [0.25, 0.3) is 11.0 Å². The van der Waals surface area contributed by atoms with Crippen molar-refractivity contribution in [1.82, 2.24) is 15.0 Å². The van der Waals surface area contributed by atoms with Crippen LogP contribution in [0.4, 0.5) is 0 Å². The van der Waals surface area contributed by atoms with Crippen LogP contribution in [-0.2, 0) is 15.0 Å². The molecule has 0 aliphatic carbocycles. The molecule has 0 aliphatic heterocycles. The number of aromatic nitrogens is 3. The summed E-state index contributed by atoms with van der Waals surface area (Å²) in [7, 11) is 0. The van der Waals surface area contributed by atoms with E-state index in [9.17, 15) is 0 Å². The number of nitrogens with zero attached hydrogens (tertiary/aromatic N) is 3. The molecule has 0 unspecified atom stereocenters. The zero-order valence-electron chi connectivity index (χ0n) is 11.2. The van der Waals surface area contributed by atoms with Crippen molar-refractivity contribution < 1.29 is 14.6 Å². The summed E-state index contributed by atoms with van der Waals surface area (Å²) in [6, 6.07) is 7.82. The van der Waals surface area contributed by atoms with E-state index in [2.05, 4.69) is 10.3 Å². The first-order valence-corrected chi connectivity index (χ1v) is 6.22. The summed E-state index contributed by atoms with van der Waals surface area (Å²) in [6.45, 7) is 4.95. The molecule has 0 atom stereocenters. The van der Waals surface area contributed by atoms with Gasteiger partial charge in [0.2, 0.25) is 0 Å². The molecule has 6 nitrogen and oxygen atoms in total. The predicted octanol–water partition coefficient (Wildman–Crippen LogP) is 1.15. The van der Waals surface area contributed by atoms with Crippen molar-refractivity contribution in [3.05, 3.63) is 24.3 Å². The van der Waals surface area contributed by atoms with E-state index >= 15 is 0 Å². The normalized spacial score (nSPS) is 12.2. The predicted molar refractivity (Wildman–Crippen MR) is 70.7 cm³/mol. The summed E-state index contributed by atoms with van der Waals surface area (Å²) in [5.41, 5.74) is 1.53. The van der Waals surface area contributed by atoms with Crippen molar-refractivity contribution in [2.75, 3.05) is 26.6 Å². The molecule has 0 radical (unpaired) electrons. The number of ether oxygens (including phenoxy) is 2. The third-order valence-electron chi connectivity index (χ3n) is 2.78. The lowest BCUT2D eigenvalue weighted by Gasteiger charge is -2.25. The van der Waals surface area contributed by atoms with Crippen molar-refractivity contribution >= 4 is 11.0 Å². The lowest BCUT2D eigenvalue weighted by molar-refractivity contribution is -0.0817. The van der Waals surface area contributed by atoms with Gasteiger partial charge in [-0.05, 0) is 26.0 Å². The quantitative estimate of drug-likeness (QED) is 0.600. The highest BCUT2D eigenvalue weighted by atomic mass is 16.7. The van der Waals surface area contributed by atoms with Gasteiger partial charge in [-0.2, -0.15) is 0 Å². The summed E-state index contributed by atoms with van der Waals surface area (Å²) in [6.07, 6.45) is 0. The molecule has 1 aromatic carbocycles. The number of rotatable bonds is 7. The maximum Gasteiger partial charge on any atom is 0.146 e. The summed E-state index contributed by atoms with van der Waals surface area (Å²) in [5, 5.41) is 16.9. The van der Waals surface area contributed by atoms with Gasteiger partial charge in [-0.25, -0.2) is 4.68 Å². The SMILES string of the molecule is CC(C)(COCOCCO)n1nnc2ccccc21. The lowest BCUT2D eigenvalue weighted by Crippen LogP contribution is -2.33. The van der Waals surface area contributed by atoms with E-state index in [-0.39, 0.29) is 25.5 Å². The molecular formula is C13H19N3O3. The first-order chi connectivity index (χ1) is 9.15. The van der Waals surface area contributed by atoms with Gasteiger partial charge >= 0.3 is 0 Å². The molecular weight excluding hydrogens is 246 g/mol. The van der Waals surface area contributed by atoms with Crippen LogP contribution >= 0.6 is 0 Å². The highest BCUT2D eigenvalue weighted by Crippen LogP contribution is 2.20. The Labute approximate surface area is 111 Å². The van der Waals surface area contributed by atoms with Gasteiger partial charge in [-0.1, -0.05) is 17.3 Å². The smallest absolute Gasteiger partial charge is 0.146 e. The number of benzene rings is 1. The van der Waals surface area contributed by atoms with E-state index < -0.39 is 0 Å². The van der Waals surface area contributed by atoms with Gasteiger partial charge in [-0.3, -0.25) is 0 Å². The molecule has 0 bridgehead atoms. The van der Waals surface area contributed by atoms with Gasteiger partial charge in [0.15, 0.2) is 0 Å². The molecule has 0 saturated heterocycles. The molecule has 104 valence electrons. The number of aliphatic hydroxyl groups is 1. The maximum absolute atomic E-state index is 8.59. The summed E-state index contributed by atoms with van der Waals surface area (Å²) in [5.74, 6) is 0. The lowest BCUT2D eigenvalue weighted by atomic mass is 10.1. The summed E-state index contributed by atoms with van der Waals surface area (Å²) < 4.78 is 12.4. The topological polar surface area (TPSA) is 69.4 Å². The Morgan fingerprint density at radius 3 is 2.84 bits per heavy atom. The first kappa shape index (κ1) is 13.9. The summed E-state index contributed by atoms with van der Waals surface area (Å²) in [4.78, 5) is 0. The average Bonchev–Trinajstić information content (AvgIpc) is 2.83. The minimum atomic E-state index is -0.321. The second-order valence-electron chi connectivity index (χ2n) is 4.90. The molecule has 1 heterocycles. The van der Waals surface area contributed by atoms with Crippen LogP contribution in [0.2, 0.25) is 0 Å². The fourth-order valence-corrected chi connectivity index (χ4v) is 1.85. The highest BCUT2D eigenvalue weighted by molar-refractivity contribution is 5.74. The fraction of sp³-hybridized carbons (Fsp3) is 0.538. The number of aliphatic hydroxyl groups excluding tert-OH is 1. The second kappa shape index (κ2) is 6.10. The Morgan fingerprint density at radius 2 is 2.05 bits per heavy atom. The van der Waals surface area contributed by atoms with Crippen LogP contribution < -0.4 is 0 Å². The van der Waals surface area contributed by atoms with E-state index in [4.69, 9.17) is 14.6 Å². The highest BCUT2D eigenvalue weighted by Gasteiger charge is 2.24. The van der Waals surface area contributed by atoms with E-state index in [1.54, 1.807) is 0 Å². The molecule has 0 spiro atoms. The molecule has 2 rings (SSSR count). The standard InChI is InChI=1S/C13H19N3O3/c1-13(2,9-19-10-18-8-7-17)16-12-6-4-3-5-11(12)14-15-16/h3-6,17H,7-10H2,1-2H3. The van der Waals surface area contributed by atoms with Crippen molar-refractivity contribution in [3.63, 3.8) is 0 Å². The minimum Gasteiger partial charge on any atom is -0.394 e. The Hall–Kier alpha value is -1.50. The van der Waals surface area contributed by atoms with Crippen LogP contribution in [0.3, 0.4) is 0 Å². The molecule has 19 heavy (non-hydrogen) atoms. The van der Waals surface area contributed by atoms with E-state index in [1.165, 1.54) is 0 Å². The molecule has 0 aliphatic rings. The third-order valence-corrected chi connectivity index (χ3v) is 2.78. The number of fused-ring (bicyclic) bond motifs is 1. The zero-order chi connectivity index (χ0) is 13.7. The Bertz CT molecular complexity index is 525. The Balaban J connectivity index is 2.02. The number of hydrogen-bond acceptors (Lipinski definition) is 5. The monoisotopic (exact) mass is 265 g/mol. The molecule has 2 aromatic rings.